The second-order valence-corrected chi connectivity index (χ2v) is 6.63. The van der Waals surface area contributed by atoms with E-state index in [0.29, 0.717) is 18.9 Å². The van der Waals surface area contributed by atoms with Gasteiger partial charge in [0.1, 0.15) is 4.92 Å². The predicted molar refractivity (Wildman–Crippen MR) is 103 cm³/mol. The molecule has 3 aromatic heterocycles. The minimum absolute atomic E-state index is 0.188. The molecule has 0 bridgehead atoms. The van der Waals surface area contributed by atoms with Gasteiger partial charge in [-0.1, -0.05) is 33.1 Å². The van der Waals surface area contributed by atoms with E-state index in [-0.39, 0.29) is 16.9 Å². The van der Waals surface area contributed by atoms with Crippen LogP contribution in [0, 0.1) is 10.1 Å². The van der Waals surface area contributed by atoms with Crippen LogP contribution in [0.3, 0.4) is 0 Å². The fourth-order valence-electron chi connectivity index (χ4n) is 3.17. The molecule has 0 saturated heterocycles. The van der Waals surface area contributed by atoms with Crippen molar-refractivity contribution >= 4 is 17.0 Å². The minimum atomic E-state index is -0.627. The van der Waals surface area contributed by atoms with Crippen LogP contribution < -0.4 is 11.2 Å². The Morgan fingerprint density at radius 1 is 1.11 bits per heavy atom. The maximum absolute atomic E-state index is 12.6. The summed E-state index contributed by atoms with van der Waals surface area (Å²) in [5, 5.41) is 11.0. The number of hydrogen-bond donors (Lipinski definition) is 1. The van der Waals surface area contributed by atoms with E-state index < -0.39 is 22.1 Å². The Balaban J connectivity index is 2.24. The first kappa shape index (κ1) is 19.6. The van der Waals surface area contributed by atoms with E-state index in [9.17, 15) is 19.7 Å². The lowest BCUT2D eigenvalue weighted by Gasteiger charge is -2.08. The predicted octanol–water partition coefficient (Wildman–Crippen LogP) is 3.04. The molecular weight excluding hydrogens is 366 g/mol. The highest BCUT2D eigenvalue weighted by atomic mass is 16.6. The molecule has 28 heavy (non-hydrogen) atoms. The number of aromatic amines is 1. The van der Waals surface area contributed by atoms with Crippen molar-refractivity contribution in [1.29, 1.82) is 0 Å². The number of aromatic nitrogens is 4. The Morgan fingerprint density at radius 2 is 1.82 bits per heavy atom. The minimum Gasteiger partial charge on any atom is -0.397 e. The molecule has 3 heterocycles. The molecule has 0 aromatic carbocycles. The Hall–Kier alpha value is -3.17. The lowest BCUT2D eigenvalue weighted by atomic mass is 10.2. The van der Waals surface area contributed by atoms with Gasteiger partial charge in [-0.3, -0.25) is 24.5 Å². The first-order valence-corrected chi connectivity index (χ1v) is 9.45. The normalized spacial score (nSPS) is 11.4. The highest BCUT2D eigenvalue weighted by Gasteiger charge is 2.23. The second-order valence-electron chi connectivity index (χ2n) is 6.63. The van der Waals surface area contributed by atoms with Crippen LogP contribution in [0.5, 0.6) is 0 Å². The number of aryl methyl sites for hydroxylation is 2. The van der Waals surface area contributed by atoms with E-state index >= 15 is 0 Å². The molecular formula is C18H23N5O5. The summed E-state index contributed by atoms with van der Waals surface area (Å²) in [7, 11) is 0. The van der Waals surface area contributed by atoms with Crippen molar-refractivity contribution in [2.75, 3.05) is 0 Å². The summed E-state index contributed by atoms with van der Waals surface area (Å²) < 4.78 is 8.45. The molecule has 0 spiro atoms. The molecule has 0 aliphatic rings. The zero-order valence-corrected chi connectivity index (χ0v) is 15.9. The van der Waals surface area contributed by atoms with Crippen LogP contribution >= 0.6 is 0 Å². The zero-order valence-electron chi connectivity index (χ0n) is 15.9. The van der Waals surface area contributed by atoms with Crippen molar-refractivity contribution in [3.8, 4) is 11.6 Å². The third-order valence-corrected chi connectivity index (χ3v) is 4.60. The highest BCUT2D eigenvalue weighted by molar-refractivity contribution is 5.75. The van der Waals surface area contributed by atoms with Gasteiger partial charge in [-0.2, -0.15) is 0 Å². The lowest BCUT2D eigenvalue weighted by molar-refractivity contribution is -0.401. The summed E-state index contributed by atoms with van der Waals surface area (Å²) in [6, 6.07) is 2.71. The first-order chi connectivity index (χ1) is 13.5. The van der Waals surface area contributed by atoms with Crippen molar-refractivity contribution in [1.82, 2.24) is 19.1 Å². The standard InChI is InChI=1S/C18H23N5O5/c1-3-5-7-11-21-14-16(22(10-6-4-2)18(25)20-17(14)24)19-15(21)12-8-9-13(28-12)23(26)27/h8-9H,3-7,10-11H2,1-2H3,(H,20,24,25). The summed E-state index contributed by atoms with van der Waals surface area (Å²) >= 11 is 0. The van der Waals surface area contributed by atoms with Gasteiger partial charge in [0.2, 0.25) is 0 Å². The fourth-order valence-corrected chi connectivity index (χ4v) is 3.17. The summed E-state index contributed by atoms with van der Waals surface area (Å²) in [5.41, 5.74) is -0.487. The molecule has 1 N–H and O–H groups in total. The van der Waals surface area contributed by atoms with Gasteiger partial charge >= 0.3 is 11.6 Å². The molecule has 3 aromatic rings. The smallest absolute Gasteiger partial charge is 0.397 e. The van der Waals surface area contributed by atoms with E-state index in [1.165, 1.54) is 16.7 Å². The number of hydrogen-bond acceptors (Lipinski definition) is 6. The van der Waals surface area contributed by atoms with Crippen LogP contribution in [0.4, 0.5) is 5.88 Å². The molecule has 150 valence electrons. The summed E-state index contributed by atoms with van der Waals surface area (Å²) in [6.45, 7) is 4.98. The number of nitrogens with one attached hydrogen (secondary N) is 1. The average molecular weight is 389 g/mol. The molecule has 10 heteroatoms. The van der Waals surface area contributed by atoms with Crippen LogP contribution in [-0.2, 0) is 13.1 Å². The molecule has 0 amide bonds. The van der Waals surface area contributed by atoms with Gasteiger partial charge in [-0.25, -0.2) is 9.78 Å². The molecule has 0 saturated carbocycles. The third-order valence-electron chi connectivity index (χ3n) is 4.60. The molecule has 3 rings (SSSR count). The van der Waals surface area contributed by atoms with Gasteiger partial charge in [0.15, 0.2) is 22.7 Å². The van der Waals surface area contributed by atoms with Crippen molar-refractivity contribution in [2.24, 2.45) is 0 Å². The number of nitro groups is 1. The number of fused-ring (bicyclic) bond motifs is 1. The molecule has 0 unspecified atom stereocenters. The summed E-state index contributed by atoms with van der Waals surface area (Å²) in [5.74, 6) is 0.0910. The number of unbranched alkanes of at least 4 members (excludes halogenated alkanes) is 3. The monoisotopic (exact) mass is 389 g/mol. The van der Waals surface area contributed by atoms with Crippen LogP contribution in [0.25, 0.3) is 22.7 Å². The maximum Gasteiger partial charge on any atom is 0.433 e. The highest BCUT2D eigenvalue weighted by Crippen LogP contribution is 2.28. The molecule has 0 fully saturated rings. The number of nitrogens with zero attached hydrogens (tertiary/aromatic N) is 4. The second kappa shape index (κ2) is 8.24. The molecule has 0 aliphatic carbocycles. The van der Waals surface area contributed by atoms with E-state index in [0.717, 1.165) is 32.1 Å². The fraction of sp³-hybridized carbons (Fsp3) is 0.500. The Morgan fingerprint density at radius 3 is 2.46 bits per heavy atom. The van der Waals surface area contributed by atoms with E-state index in [4.69, 9.17) is 4.42 Å². The lowest BCUT2D eigenvalue weighted by Crippen LogP contribution is -2.31. The Kier molecular flexibility index (Phi) is 5.76. The topological polar surface area (TPSA) is 129 Å². The van der Waals surface area contributed by atoms with Crippen LogP contribution in [0.2, 0.25) is 0 Å². The molecule has 0 aliphatic heterocycles. The van der Waals surface area contributed by atoms with Gasteiger partial charge in [0.05, 0.1) is 6.07 Å². The SMILES string of the molecule is CCCCCn1c(-c2ccc([N+](=O)[O-])o2)nc2c1c(=O)[nH]c(=O)n2CCCC. The summed E-state index contributed by atoms with van der Waals surface area (Å²) in [6.07, 6.45) is 4.37. The quantitative estimate of drug-likeness (QED) is 0.340. The van der Waals surface area contributed by atoms with Crippen molar-refractivity contribution in [2.45, 2.75) is 59.0 Å². The van der Waals surface area contributed by atoms with Gasteiger partial charge in [-0.05, 0) is 18.9 Å². The van der Waals surface area contributed by atoms with E-state index in [1.54, 1.807) is 4.57 Å². The van der Waals surface area contributed by atoms with Crippen LogP contribution in [0.1, 0.15) is 46.0 Å². The number of furan rings is 1. The Bertz CT molecular complexity index is 1100. The van der Waals surface area contributed by atoms with Crippen molar-refractivity contribution < 1.29 is 9.34 Å². The number of H-pyrrole nitrogens is 1. The largest absolute Gasteiger partial charge is 0.433 e. The van der Waals surface area contributed by atoms with Gasteiger partial charge in [0, 0.05) is 13.1 Å². The van der Waals surface area contributed by atoms with Crippen LogP contribution in [-0.4, -0.2) is 24.0 Å². The first-order valence-electron chi connectivity index (χ1n) is 9.45. The number of rotatable bonds is 9. The average Bonchev–Trinajstić information content (AvgIpc) is 3.27. The van der Waals surface area contributed by atoms with Crippen molar-refractivity contribution in [3.63, 3.8) is 0 Å². The zero-order chi connectivity index (χ0) is 20.3. The maximum atomic E-state index is 12.6. The van der Waals surface area contributed by atoms with Gasteiger partial charge in [0.25, 0.3) is 5.56 Å². The number of imidazole rings is 1. The third kappa shape index (κ3) is 3.62. The molecule has 10 nitrogen and oxygen atoms in total. The van der Waals surface area contributed by atoms with Crippen LogP contribution in [0.15, 0.2) is 26.1 Å². The van der Waals surface area contributed by atoms with E-state index in [1.807, 2.05) is 6.92 Å². The molecule has 0 atom stereocenters. The van der Waals surface area contributed by atoms with E-state index in [2.05, 4.69) is 16.9 Å². The molecule has 0 radical (unpaired) electrons. The summed E-state index contributed by atoms with van der Waals surface area (Å²) in [4.78, 5) is 42.1. The van der Waals surface area contributed by atoms with Crippen molar-refractivity contribution in [3.05, 3.63) is 43.1 Å². The Labute approximate surface area is 160 Å². The van der Waals surface area contributed by atoms with Gasteiger partial charge < -0.3 is 8.98 Å². The van der Waals surface area contributed by atoms with Gasteiger partial charge in [-0.15, -0.1) is 0 Å².